The fraction of sp³-hybridized carbons (Fsp3) is 0.564. The standard InChI is InChI=1S/C29H37.C5H8.C5H5.2ClH.Hf/c1-21-14-13-15-22-20-27(6)25(4)18-10-9-16-23(25,2)24(3)17-11-12-19-26(24,5)29(27,8)28(21,22)7;2*1-2-4-5-3-1;;;/h9-20,22H,1-8H3;1-4H2;1-3H,4H2;2*1H;/q;;;;;+2/p-2. The van der Waals surface area contributed by atoms with Crippen LogP contribution in [-0.2, 0) is 21.0 Å². The molecular weight excluding hydrogens is 718 g/mol. The first-order valence-corrected chi connectivity index (χ1v) is 21.7. The van der Waals surface area contributed by atoms with Gasteiger partial charge in [0.2, 0.25) is 0 Å². The van der Waals surface area contributed by atoms with Crippen LogP contribution in [0.5, 0.6) is 0 Å². The summed E-state index contributed by atoms with van der Waals surface area (Å²) in [6.45, 7) is 21.5. The zero-order chi connectivity index (χ0) is 28.4. The summed E-state index contributed by atoms with van der Waals surface area (Å²) in [5.41, 5.74) is 1.88. The summed E-state index contributed by atoms with van der Waals surface area (Å²) in [6.07, 6.45) is 42.3. The van der Waals surface area contributed by atoms with Crippen LogP contribution < -0.4 is 24.8 Å². The van der Waals surface area contributed by atoms with Gasteiger partial charge in [0.1, 0.15) is 0 Å². The summed E-state index contributed by atoms with van der Waals surface area (Å²) in [4.78, 5) is 0. The molecule has 0 spiro atoms. The van der Waals surface area contributed by atoms with Crippen molar-refractivity contribution in [2.45, 2.75) is 91.2 Å². The van der Waals surface area contributed by atoms with Crippen molar-refractivity contribution in [2.75, 3.05) is 0 Å². The molecule has 0 aromatic rings. The van der Waals surface area contributed by atoms with Crippen molar-refractivity contribution in [1.29, 1.82) is 0 Å². The Bertz CT molecular complexity index is 1460. The molecule has 0 bridgehead atoms. The van der Waals surface area contributed by atoms with Gasteiger partial charge in [0, 0.05) is 0 Å². The second-order valence-corrected chi connectivity index (χ2v) is 25.6. The fourth-order valence-electron chi connectivity index (χ4n) is 12.6. The first-order valence-electron chi connectivity index (χ1n) is 16.1. The second-order valence-electron chi connectivity index (χ2n) is 15.6. The van der Waals surface area contributed by atoms with Crippen molar-refractivity contribution in [1.82, 2.24) is 0 Å². The number of halogens is 2. The van der Waals surface area contributed by atoms with E-state index in [-0.39, 0.29) is 62.7 Å². The van der Waals surface area contributed by atoms with Crippen LogP contribution in [0.15, 0.2) is 94.0 Å². The van der Waals surface area contributed by atoms with Crippen molar-refractivity contribution in [2.24, 2.45) is 43.8 Å². The van der Waals surface area contributed by atoms with E-state index in [9.17, 15) is 0 Å². The number of hydrogen-bond donors (Lipinski definition) is 0. The van der Waals surface area contributed by atoms with Gasteiger partial charge in [-0.3, -0.25) is 0 Å². The van der Waals surface area contributed by atoms with Crippen LogP contribution in [0, 0.1) is 43.8 Å². The molecule has 224 valence electrons. The number of allylic oxidation sites excluding steroid dienone is 16. The summed E-state index contributed by atoms with van der Waals surface area (Å²) in [7, 11) is 0. The normalized spacial score (nSPS) is 48.7. The molecule has 9 unspecified atom stereocenters. The first kappa shape index (κ1) is 32.6. The van der Waals surface area contributed by atoms with Gasteiger partial charge in [-0.2, -0.15) is 0 Å². The van der Waals surface area contributed by atoms with Crippen molar-refractivity contribution in [3.63, 3.8) is 0 Å². The van der Waals surface area contributed by atoms with Crippen molar-refractivity contribution < 1.29 is 45.8 Å². The number of hydrogen-bond acceptors (Lipinski definition) is 0. The topological polar surface area (TPSA) is 0 Å². The SMILES string of the molecule is CC1=CC=CC2[CH]([Hf+2]([C]3=CC=CC3)=[C]3CCCC3)C3(C)C4(C)C=CC=CC4(C)C4(C)C=CC=CC4(C)C3(C)C12C.[Cl-].[Cl-]. The van der Waals surface area contributed by atoms with Crippen molar-refractivity contribution in [3.05, 3.63) is 94.0 Å². The van der Waals surface area contributed by atoms with E-state index in [1.165, 1.54) is 32.1 Å². The van der Waals surface area contributed by atoms with Gasteiger partial charge in [0.05, 0.1) is 0 Å². The van der Waals surface area contributed by atoms with Gasteiger partial charge in [0.25, 0.3) is 0 Å². The summed E-state index contributed by atoms with van der Waals surface area (Å²) < 4.78 is 4.71. The third kappa shape index (κ3) is 3.18. The Morgan fingerprint density at radius 2 is 1.21 bits per heavy atom. The summed E-state index contributed by atoms with van der Waals surface area (Å²) in [5.74, 6) is 0.586. The molecule has 0 heterocycles. The van der Waals surface area contributed by atoms with Crippen LogP contribution in [0.3, 0.4) is 0 Å². The van der Waals surface area contributed by atoms with Gasteiger partial charge < -0.3 is 24.8 Å². The molecule has 7 aliphatic rings. The maximum absolute atomic E-state index is 2.84. The third-order valence-electron chi connectivity index (χ3n) is 15.5. The van der Waals surface area contributed by atoms with Crippen LogP contribution in [-0.4, -0.2) is 3.26 Å². The number of fused-ring (bicyclic) bond motifs is 8. The molecule has 0 amide bonds. The predicted octanol–water partition coefficient (Wildman–Crippen LogP) is 4.45. The summed E-state index contributed by atoms with van der Waals surface area (Å²) in [6, 6.07) is 0. The molecule has 0 nitrogen and oxygen atoms in total. The first-order chi connectivity index (χ1) is 18.9. The molecule has 0 aliphatic heterocycles. The number of rotatable bonds is 2. The van der Waals surface area contributed by atoms with Crippen LogP contribution in [0.4, 0.5) is 0 Å². The molecule has 3 heteroatoms. The van der Waals surface area contributed by atoms with E-state index < -0.39 is 21.0 Å². The van der Waals surface area contributed by atoms with Gasteiger partial charge in [0.15, 0.2) is 0 Å². The Morgan fingerprint density at radius 3 is 1.79 bits per heavy atom. The van der Waals surface area contributed by atoms with E-state index in [2.05, 4.69) is 144 Å². The van der Waals surface area contributed by atoms with Crippen LogP contribution in [0.1, 0.15) is 87.5 Å². The Kier molecular flexibility index (Phi) is 7.86. The quantitative estimate of drug-likeness (QED) is 0.365. The van der Waals surface area contributed by atoms with Gasteiger partial charge in [-0.05, 0) is 0 Å². The van der Waals surface area contributed by atoms with Crippen molar-refractivity contribution >= 4 is 3.26 Å². The summed E-state index contributed by atoms with van der Waals surface area (Å²) in [5, 5.41) is 0. The molecule has 0 aromatic carbocycles. The minimum absolute atomic E-state index is 0. The van der Waals surface area contributed by atoms with Crippen LogP contribution >= 0.6 is 0 Å². The molecule has 7 aliphatic carbocycles. The maximum Gasteiger partial charge on any atom is -1.00 e. The molecule has 9 atom stereocenters. The molecule has 3 fully saturated rings. The van der Waals surface area contributed by atoms with E-state index in [4.69, 9.17) is 0 Å². The van der Waals surface area contributed by atoms with Gasteiger partial charge in [-0.25, -0.2) is 0 Å². The largest absolute Gasteiger partial charge is 1.00 e. The molecular formula is C39H50Cl2Hf. The van der Waals surface area contributed by atoms with Gasteiger partial charge in [-0.1, -0.05) is 0 Å². The molecule has 3 saturated carbocycles. The molecule has 0 N–H and O–H groups in total. The van der Waals surface area contributed by atoms with Gasteiger partial charge in [-0.15, -0.1) is 0 Å². The molecule has 0 aromatic heterocycles. The van der Waals surface area contributed by atoms with E-state index in [1.54, 1.807) is 5.57 Å². The smallest absolute Gasteiger partial charge is 1.00 e. The van der Waals surface area contributed by atoms with E-state index in [0.29, 0.717) is 5.92 Å². The van der Waals surface area contributed by atoms with Crippen molar-refractivity contribution in [3.8, 4) is 0 Å². The molecule has 0 radical (unpaired) electrons. The Labute approximate surface area is 276 Å². The van der Waals surface area contributed by atoms with Crippen LogP contribution in [0.2, 0.25) is 3.67 Å². The monoisotopic (exact) mass is 768 g/mol. The zero-order valence-electron chi connectivity index (χ0n) is 27.0. The Balaban J connectivity index is 0.00000176. The van der Waals surface area contributed by atoms with Gasteiger partial charge >= 0.3 is 253 Å². The maximum atomic E-state index is 2.84. The predicted molar refractivity (Wildman–Crippen MR) is 169 cm³/mol. The molecule has 0 saturated heterocycles. The average molecular weight is 768 g/mol. The fourth-order valence-corrected chi connectivity index (χ4v) is 29.7. The van der Waals surface area contributed by atoms with E-state index >= 15 is 0 Å². The zero-order valence-corrected chi connectivity index (χ0v) is 32.1. The Hall–Kier alpha value is -0.760. The minimum atomic E-state index is -2.54. The molecule has 42 heavy (non-hydrogen) atoms. The Morgan fingerprint density at radius 1 is 0.667 bits per heavy atom. The third-order valence-corrected chi connectivity index (χ3v) is 29.5. The van der Waals surface area contributed by atoms with E-state index in [1.807, 2.05) is 3.33 Å². The minimum Gasteiger partial charge on any atom is -1.00 e. The second kappa shape index (κ2) is 10.1. The average Bonchev–Trinajstić information content (AvgIpc) is 3.68. The molecule has 7 rings (SSSR count). The van der Waals surface area contributed by atoms with E-state index in [0.717, 1.165) is 3.67 Å². The van der Waals surface area contributed by atoms with Crippen LogP contribution in [0.25, 0.3) is 0 Å². The summed E-state index contributed by atoms with van der Waals surface area (Å²) >= 11 is -2.54.